The molecule has 1 aliphatic rings. The molecule has 6 N–H and O–H groups in total. The van der Waals surface area contributed by atoms with Gasteiger partial charge in [0.05, 0.1) is 12.7 Å². The van der Waals surface area contributed by atoms with E-state index in [9.17, 15) is 25.5 Å². The number of aromatic hydroxyl groups is 1. The highest BCUT2D eigenvalue weighted by atomic mass is 16.7. The Morgan fingerprint density at radius 3 is 2.26 bits per heavy atom. The maximum absolute atomic E-state index is 10.2. The van der Waals surface area contributed by atoms with Gasteiger partial charge in [0.2, 0.25) is 0 Å². The molecule has 0 spiro atoms. The normalized spacial score (nSPS) is 34.1. The highest BCUT2D eigenvalue weighted by Crippen LogP contribution is 2.27. The van der Waals surface area contributed by atoms with Gasteiger partial charge in [-0.15, -0.1) is 0 Å². The van der Waals surface area contributed by atoms with Crippen molar-refractivity contribution in [1.82, 2.24) is 0 Å². The molecule has 0 bridgehead atoms. The van der Waals surface area contributed by atoms with Crippen LogP contribution in [0.5, 0.6) is 5.75 Å². The molecule has 0 aliphatic carbocycles. The first-order chi connectivity index (χ1) is 10.8. The molecule has 1 aromatic rings. The van der Waals surface area contributed by atoms with Gasteiger partial charge in [-0.1, -0.05) is 12.1 Å². The zero-order chi connectivity index (χ0) is 17.1. The minimum atomic E-state index is -1.54. The highest BCUT2D eigenvalue weighted by molar-refractivity contribution is 5.27. The van der Waals surface area contributed by atoms with Gasteiger partial charge in [-0.3, -0.25) is 0 Å². The molecule has 8 nitrogen and oxygen atoms in total. The molecule has 0 saturated carbocycles. The summed E-state index contributed by atoms with van der Waals surface area (Å²) < 4.78 is 10.7. The van der Waals surface area contributed by atoms with Crippen LogP contribution in [-0.4, -0.2) is 74.1 Å². The van der Waals surface area contributed by atoms with Gasteiger partial charge in [-0.2, -0.15) is 0 Å². The first kappa shape index (κ1) is 18.1. The molecule has 1 heterocycles. The molecule has 0 aromatic heterocycles. The van der Waals surface area contributed by atoms with E-state index < -0.39 is 49.5 Å². The summed E-state index contributed by atoms with van der Waals surface area (Å²) in [6, 6.07) is 5.87. The standard InChI is InChI=1S/C15H22O8/c1-7(11(18)8-2-4-9(17)5-3-8)22-15-14(21)13(20)12(19)10(6-16)23-15/h2-5,7,10-21H,6H2,1H3/t7-,10-,11-,12-,13+,14-,15-/m1/s1. The zero-order valence-corrected chi connectivity index (χ0v) is 12.6. The Balaban J connectivity index is 2.03. The van der Waals surface area contributed by atoms with E-state index in [1.807, 2.05) is 0 Å². The van der Waals surface area contributed by atoms with E-state index in [0.717, 1.165) is 0 Å². The number of hydrogen-bond acceptors (Lipinski definition) is 8. The summed E-state index contributed by atoms with van der Waals surface area (Å²) in [5.41, 5.74) is 0.486. The van der Waals surface area contributed by atoms with Crippen molar-refractivity contribution in [2.45, 2.75) is 49.8 Å². The van der Waals surface area contributed by atoms with E-state index in [0.29, 0.717) is 5.56 Å². The summed E-state index contributed by atoms with van der Waals surface area (Å²) in [6.45, 7) is 0.985. The van der Waals surface area contributed by atoms with Crippen molar-refractivity contribution in [2.75, 3.05) is 6.61 Å². The maximum atomic E-state index is 10.2. The SMILES string of the molecule is C[C@@H](O[C@@H]1O[C@H](CO)[C@@H](O)[C@H](O)[C@H]1O)[C@@H](O)c1ccc(O)cc1. The van der Waals surface area contributed by atoms with Crippen LogP contribution >= 0.6 is 0 Å². The number of rotatable bonds is 5. The monoisotopic (exact) mass is 330 g/mol. The molecule has 8 heteroatoms. The van der Waals surface area contributed by atoms with E-state index >= 15 is 0 Å². The molecule has 1 aromatic carbocycles. The Kier molecular flexibility index (Phi) is 5.93. The summed E-state index contributed by atoms with van der Waals surface area (Å²) >= 11 is 0. The van der Waals surface area contributed by atoms with Crippen molar-refractivity contribution < 1.29 is 40.1 Å². The van der Waals surface area contributed by atoms with Crippen molar-refractivity contribution in [1.29, 1.82) is 0 Å². The Labute approximate surface area is 133 Å². The average molecular weight is 330 g/mol. The molecular formula is C15H22O8. The van der Waals surface area contributed by atoms with Crippen LogP contribution in [0.25, 0.3) is 0 Å². The third-order valence-electron chi connectivity index (χ3n) is 3.88. The van der Waals surface area contributed by atoms with Crippen LogP contribution < -0.4 is 0 Å². The van der Waals surface area contributed by atoms with Gasteiger partial charge < -0.3 is 40.1 Å². The van der Waals surface area contributed by atoms with Crippen LogP contribution in [0.3, 0.4) is 0 Å². The van der Waals surface area contributed by atoms with Gasteiger partial charge >= 0.3 is 0 Å². The second-order valence-electron chi connectivity index (χ2n) is 5.57. The molecule has 1 saturated heterocycles. The average Bonchev–Trinajstić information content (AvgIpc) is 2.55. The fraction of sp³-hybridized carbons (Fsp3) is 0.600. The Bertz CT molecular complexity index is 491. The molecule has 2 rings (SSSR count). The van der Waals surface area contributed by atoms with Crippen LogP contribution in [0.15, 0.2) is 24.3 Å². The van der Waals surface area contributed by atoms with E-state index in [1.165, 1.54) is 24.3 Å². The quantitative estimate of drug-likeness (QED) is 0.389. The van der Waals surface area contributed by atoms with Crippen LogP contribution in [0, 0.1) is 0 Å². The lowest BCUT2D eigenvalue weighted by Gasteiger charge is -2.41. The molecule has 0 radical (unpaired) electrons. The number of ether oxygens (including phenoxy) is 2. The highest BCUT2D eigenvalue weighted by Gasteiger charge is 2.44. The molecule has 0 unspecified atom stereocenters. The zero-order valence-electron chi connectivity index (χ0n) is 12.6. The largest absolute Gasteiger partial charge is 0.508 e. The Hall–Kier alpha value is -1.26. The second-order valence-corrected chi connectivity index (χ2v) is 5.57. The third kappa shape index (κ3) is 3.99. The third-order valence-corrected chi connectivity index (χ3v) is 3.88. The minimum absolute atomic E-state index is 0.0588. The lowest BCUT2D eigenvalue weighted by atomic mass is 9.99. The van der Waals surface area contributed by atoms with Gasteiger partial charge in [0.1, 0.15) is 36.3 Å². The molecular weight excluding hydrogens is 308 g/mol. The van der Waals surface area contributed by atoms with Gasteiger partial charge in [0.25, 0.3) is 0 Å². The van der Waals surface area contributed by atoms with Gasteiger partial charge in [-0.25, -0.2) is 0 Å². The van der Waals surface area contributed by atoms with Crippen molar-refractivity contribution >= 4 is 0 Å². The van der Waals surface area contributed by atoms with Crippen molar-refractivity contribution in [2.24, 2.45) is 0 Å². The summed E-state index contributed by atoms with van der Waals surface area (Å²) in [5.74, 6) is 0.0588. The summed E-state index contributed by atoms with van der Waals surface area (Å²) in [5, 5.41) is 57.9. The van der Waals surface area contributed by atoms with Gasteiger partial charge in [0, 0.05) is 0 Å². The molecule has 1 fully saturated rings. The van der Waals surface area contributed by atoms with Gasteiger partial charge in [0.15, 0.2) is 6.29 Å². The summed E-state index contributed by atoms with van der Waals surface area (Å²) in [7, 11) is 0. The van der Waals surface area contributed by atoms with Crippen LogP contribution in [0.4, 0.5) is 0 Å². The molecule has 1 aliphatic heterocycles. The fourth-order valence-electron chi connectivity index (χ4n) is 2.41. The van der Waals surface area contributed by atoms with Crippen LogP contribution in [-0.2, 0) is 9.47 Å². The fourth-order valence-corrected chi connectivity index (χ4v) is 2.41. The second kappa shape index (κ2) is 7.54. The molecule has 130 valence electrons. The predicted molar refractivity (Wildman–Crippen MR) is 77.4 cm³/mol. The maximum Gasteiger partial charge on any atom is 0.187 e. The van der Waals surface area contributed by atoms with Crippen LogP contribution in [0.2, 0.25) is 0 Å². The lowest BCUT2D eigenvalue weighted by molar-refractivity contribution is -0.315. The lowest BCUT2D eigenvalue weighted by Crippen LogP contribution is -2.59. The van der Waals surface area contributed by atoms with E-state index in [4.69, 9.17) is 14.6 Å². The minimum Gasteiger partial charge on any atom is -0.508 e. The number of phenolic OH excluding ortho intramolecular Hbond substituents is 1. The predicted octanol–water partition coefficient (Wildman–Crippen LogP) is -1.37. The van der Waals surface area contributed by atoms with Crippen molar-refractivity contribution in [3.63, 3.8) is 0 Å². The number of aliphatic hydroxyl groups excluding tert-OH is 5. The van der Waals surface area contributed by atoms with E-state index in [2.05, 4.69) is 0 Å². The molecule has 7 atom stereocenters. The van der Waals surface area contributed by atoms with Crippen molar-refractivity contribution in [3.8, 4) is 5.75 Å². The first-order valence-electron chi connectivity index (χ1n) is 7.28. The molecule has 23 heavy (non-hydrogen) atoms. The number of aliphatic hydroxyl groups is 5. The van der Waals surface area contributed by atoms with Gasteiger partial charge in [-0.05, 0) is 24.6 Å². The molecule has 0 amide bonds. The Morgan fingerprint density at radius 2 is 1.70 bits per heavy atom. The summed E-state index contributed by atoms with van der Waals surface area (Å²) in [4.78, 5) is 0. The number of benzene rings is 1. The topological polar surface area (TPSA) is 140 Å². The Morgan fingerprint density at radius 1 is 1.09 bits per heavy atom. The number of hydrogen-bond donors (Lipinski definition) is 6. The van der Waals surface area contributed by atoms with Crippen LogP contribution in [0.1, 0.15) is 18.6 Å². The first-order valence-corrected chi connectivity index (χ1v) is 7.28. The van der Waals surface area contributed by atoms with E-state index in [-0.39, 0.29) is 5.75 Å². The van der Waals surface area contributed by atoms with Crippen molar-refractivity contribution in [3.05, 3.63) is 29.8 Å². The number of phenols is 1. The smallest absolute Gasteiger partial charge is 0.187 e. The van der Waals surface area contributed by atoms with E-state index in [1.54, 1.807) is 6.92 Å². The summed E-state index contributed by atoms with van der Waals surface area (Å²) in [6.07, 6.45) is -8.80.